The molecule has 0 unspecified atom stereocenters. The second kappa shape index (κ2) is 5.31. The molecular weight excluding hydrogens is 304 g/mol. The molecule has 19 heavy (non-hydrogen) atoms. The second-order valence-electron chi connectivity index (χ2n) is 5.30. The summed E-state index contributed by atoms with van der Waals surface area (Å²) in [4.78, 5) is 3.86. The van der Waals surface area contributed by atoms with E-state index in [1.807, 2.05) is 0 Å². The maximum Gasteiger partial charge on any atom is 0.254 e. The molecule has 1 aromatic heterocycles. The topological polar surface area (TPSA) is 50.3 Å². The Morgan fingerprint density at radius 3 is 2.74 bits per heavy atom. The zero-order valence-corrected chi connectivity index (χ0v) is 13.0. The van der Waals surface area contributed by atoms with E-state index in [4.69, 9.17) is 11.6 Å². The number of piperidine rings is 1. The Hall–Kier alpha value is -0.170. The number of hydrogen-bond donors (Lipinski definition) is 0. The number of thiazole rings is 1. The van der Waals surface area contributed by atoms with E-state index in [0.717, 1.165) is 30.6 Å². The van der Waals surface area contributed by atoms with Gasteiger partial charge in [-0.3, -0.25) is 0 Å². The molecule has 4 nitrogen and oxygen atoms in total. The Morgan fingerprint density at radius 2 is 2.00 bits per heavy atom. The highest BCUT2D eigenvalue weighted by molar-refractivity contribution is 7.91. The van der Waals surface area contributed by atoms with Gasteiger partial charge >= 0.3 is 0 Å². The summed E-state index contributed by atoms with van der Waals surface area (Å²) in [5, 5.41) is 0. The highest BCUT2D eigenvalue weighted by atomic mass is 35.5. The van der Waals surface area contributed by atoms with Gasteiger partial charge < -0.3 is 0 Å². The van der Waals surface area contributed by atoms with E-state index in [9.17, 15) is 8.42 Å². The number of hydrogen-bond acceptors (Lipinski definition) is 4. The molecule has 1 aliphatic heterocycles. The van der Waals surface area contributed by atoms with Gasteiger partial charge in [-0.05, 0) is 31.6 Å². The molecule has 1 aromatic rings. The molecule has 0 radical (unpaired) electrons. The van der Waals surface area contributed by atoms with Crippen LogP contribution in [0.1, 0.15) is 38.5 Å². The van der Waals surface area contributed by atoms with Crippen molar-refractivity contribution in [3.05, 3.63) is 10.7 Å². The lowest BCUT2D eigenvalue weighted by Crippen LogP contribution is -2.49. The number of fused-ring (bicyclic) bond motifs is 1. The number of aromatic nitrogens is 1. The van der Waals surface area contributed by atoms with E-state index >= 15 is 0 Å². The minimum Gasteiger partial charge on any atom is -0.232 e. The zero-order chi connectivity index (χ0) is 13.5. The van der Waals surface area contributed by atoms with Crippen LogP contribution in [0.2, 0.25) is 4.47 Å². The van der Waals surface area contributed by atoms with Crippen LogP contribution in [0.4, 0.5) is 0 Å². The first-order valence-corrected chi connectivity index (χ1v) is 9.35. The largest absolute Gasteiger partial charge is 0.254 e. The fourth-order valence-electron chi connectivity index (χ4n) is 3.35. The molecule has 3 rings (SSSR count). The molecule has 1 saturated carbocycles. The van der Waals surface area contributed by atoms with Crippen LogP contribution in [0.25, 0.3) is 0 Å². The highest BCUT2D eigenvalue weighted by Crippen LogP contribution is 2.39. The van der Waals surface area contributed by atoms with Crippen LogP contribution < -0.4 is 0 Å². The average molecular weight is 321 g/mol. The summed E-state index contributed by atoms with van der Waals surface area (Å²) < 4.78 is 27.7. The van der Waals surface area contributed by atoms with Crippen molar-refractivity contribution in [1.82, 2.24) is 9.29 Å². The Bertz CT molecular complexity index is 556. The van der Waals surface area contributed by atoms with E-state index in [-0.39, 0.29) is 14.7 Å². The normalized spacial score (nSPS) is 29.1. The van der Waals surface area contributed by atoms with Gasteiger partial charge in [0.1, 0.15) is 0 Å². The summed E-state index contributed by atoms with van der Waals surface area (Å²) in [6, 6.07) is 0.188. The highest BCUT2D eigenvalue weighted by Gasteiger charge is 2.40. The Morgan fingerprint density at radius 1 is 1.26 bits per heavy atom. The summed E-state index contributed by atoms with van der Waals surface area (Å²) in [7, 11) is -3.41. The van der Waals surface area contributed by atoms with Crippen LogP contribution >= 0.6 is 22.9 Å². The second-order valence-corrected chi connectivity index (χ2v) is 9.03. The Labute approximate surface area is 122 Å². The Kier molecular flexibility index (Phi) is 3.86. The predicted molar refractivity (Wildman–Crippen MR) is 76.0 cm³/mol. The third-order valence-corrected chi connectivity index (χ3v) is 7.69. The Balaban J connectivity index is 1.91. The molecular formula is C12H17ClN2O2S2. The SMILES string of the molecule is O=S(=O)(c1cnc(Cl)s1)N1CCC[C@H]2CCCC[C@H]21. The molecule has 0 spiro atoms. The van der Waals surface area contributed by atoms with Crippen LogP contribution in [0, 0.1) is 5.92 Å². The fourth-order valence-corrected chi connectivity index (χ4v) is 6.53. The standard InChI is InChI=1S/C12H17ClN2O2S2/c13-12-14-8-11(18-12)19(16,17)15-7-3-5-9-4-1-2-6-10(9)15/h8-10H,1-7H2/t9-,10-/m1/s1. The van der Waals surface area contributed by atoms with Crippen molar-refractivity contribution >= 4 is 33.0 Å². The number of rotatable bonds is 2. The van der Waals surface area contributed by atoms with E-state index in [1.165, 1.54) is 25.5 Å². The van der Waals surface area contributed by atoms with Crippen LogP contribution in [-0.2, 0) is 10.0 Å². The predicted octanol–water partition coefficient (Wildman–Crippen LogP) is 3.14. The summed E-state index contributed by atoms with van der Waals surface area (Å²) in [6.07, 6.45) is 8.05. The van der Waals surface area contributed by atoms with Gasteiger partial charge in [-0.15, -0.1) is 0 Å². The number of nitrogens with zero attached hydrogens (tertiary/aromatic N) is 2. The van der Waals surface area contributed by atoms with Gasteiger partial charge in [0, 0.05) is 12.6 Å². The maximum atomic E-state index is 12.7. The lowest BCUT2D eigenvalue weighted by molar-refractivity contribution is 0.129. The van der Waals surface area contributed by atoms with Gasteiger partial charge in [0.2, 0.25) is 0 Å². The molecule has 1 saturated heterocycles. The monoisotopic (exact) mass is 320 g/mol. The molecule has 1 aliphatic carbocycles. The third-order valence-electron chi connectivity index (χ3n) is 4.21. The van der Waals surface area contributed by atoms with Crippen molar-refractivity contribution in [3.63, 3.8) is 0 Å². The van der Waals surface area contributed by atoms with Crippen LogP contribution in [-0.4, -0.2) is 30.3 Å². The van der Waals surface area contributed by atoms with Crippen molar-refractivity contribution in [3.8, 4) is 0 Å². The van der Waals surface area contributed by atoms with Gasteiger partial charge in [-0.2, -0.15) is 4.31 Å². The smallest absolute Gasteiger partial charge is 0.232 e. The molecule has 2 fully saturated rings. The van der Waals surface area contributed by atoms with Gasteiger partial charge in [0.25, 0.3) is 10.0 Å². The fraction of sp³-hybridized carbons (Fsp3) is 0.750. The average Bonchev–Trinajstić information content (AvgIpc) is 2.85. The van der Waals surface area contributed by atoms with Gasteiger partial charge in [0.05, 0.1) is 6.20 Å². The minimum atomic E-state index is -3.41. The van der Waals surface area contributed by atoms with Crippen molar-refractivity contribution < 1.29 is 8.42 Å². The number of halogens is 1. The summed E-state index contributed by atoms with van der Waals surface area (Å²) in [5.41, 5.74) is 0. The van der Waals surface area contributed by atoms with Crippen LogP contribution in [0.5, 0.6) is 0 Å². The van der Waals surface area contributed by atoms with E-state index in [2.05, 4.69) is 4.98 Å². The van der Waals surface area contributed by atoms with Gasteiger partial charge in [-0.25, -0.2) is 13.4 Å². The molecule has 0 aromatic carbocycles. The first-order chi connectivity index (χ1) is 9.09. The van der Waals surface area contributed by atoms with Crippen LogP contribution in [0.15, 0.2) is 10.4 Å². The molecule has 2 aliphatic rings. The quantitative estimate of drug-likeness (QED) is 0.841. The molecule has 7 heteroatoms. The van der Waals surface area contributed by atoms with Gasteiger partial charge in [0.15, 0.2) is 8.68 Å². The first-order valence-electron chi connectivity index (χ1n) is 6.72. The zero-order valence-electron chi connectivity index (χ0n) is 10.6. The molecule has 2 heterocycles. The van der Waals surface area contributed by atoms with Crippen molar-refractivity contribution in [1.29, 1.82) is 0 Å². The number of sulfonamides is 1. The molecule has 0 bridgehead atoms. The lowest BCUT2D eigenvalue weighted by Gasteiger charge is -2.42. The van der Waals surface area contributed by atoms with Gasteiger partial charge in [-0.1, -0.05) is 35.8 Å². The van der Waals surface area contributed by atoms with Crippen LogP contribution in [0.3, 0.4) is 0 Å². The minimum absolute atomic E-state index is 0.188. The first kappa shape index (κ1) is 13.8. The summed E-state index contributed by atoms with van der Waals surface area (Å²) in [6.45, 7) is 0.638. The summed E-state index contributed by atoms with van der Waals surface area (Å²) in [5.74, 6) is 0.542. The maximum absolute atomic E-state index is 12.7. The van der Waals surface area contributed by atoms with E-state index in [1.54, 1.807) is 4.31 Å². The van der Waals surface area contributed by atoms with Crippen molar-refractivity contribution in [2.45, 2.75) is 48.8 Å². The summed E-state index contributed by atoms with van der Waals surface area (Å²) >= 11 is 6.82. The van der Waals surface area contributed by atoms with Crippen molar-refractivity contribution in [2.75, 3.05) is 6.54 Å². The van der Waals surface area contributed by atoms with Crippen molar-refractivity contribution in [2.24, 2.45) is 5.92 Å². The third kappa shape index (κ3) is 2.55. The molecule has 106 valence electrons. The van der Waals surface area contributed by atoms with E-state index in [0.29, 0.717) is 12.5 Å². The molecule has 0 N–H and O–H groups in total. The molecule has 0 amide bonds. The lowest BCUT2D eigenvalue weighted by atomic mass is 9.79. The van der Waals surface area contributed by atoms with E-state index < -0.39 is 10.0 Å². The molecule has 2 atom stereocenters.